The van der Waals surface area contributed by atoms with Gasteiger partial charge in [-0.2, -0.15) is 0 Å². The van der Waals surface area contributed by atoms with Crippen LogP contribution in [0.1, 0.15) is 23.5 Å². The van der Waals surface area contributed by atoms with Crippen molar-refractivity contribution in [3.05, 3.63) is 16.3 Å². The van der Waals surface area contributed by atoms with Gasteiger partial charge < -0.3 is 10.0 Å². The Bertz CT molecular complexity index is 537. The highest BCUT2D eigenvalue weighted by Gasteiger charge is 2.18. The van der Waals surface area contributed by atoms with E-state index >= 15 is 0 Å². The lowest BCUT2D eigenvalue weighted by atomic mass is 10.3. The van der Waals surface area contributed by atoms with Gasteiger partial charge in [-0.3, -0.25) is 0 Å². The molecule has 6 nitrogen and oxygen atoms in total. The van der Waals surface area contributed by atoms with E-state index in [9.17, 15) is 13.2 Å². The molecule has 19 heavy (non-hydrogen) atoms. The highest BCUT2D eigenvalue weighted by molar-refractivity contribution is 7.89. The third kappa shape index (κ3) is 4.57. The average molecular weight is 306 g/mol. The SMILES string of the molecule is CC(C)N(C)CCNS(=O)(=O)c1csc(C(=O)O)c1. The van der Waals surface area contributed by atoms with Gasteiger partial charge in [-0.25, -0.2) is 17.9 Å². The molecule has 8 heteroatoms. The predicted molar refractivity (Wildman–Crippen MR) is 74.2 cm³/mol. The van der Waals surface area contributed by atoms with Crippen LogP contribution in [-0.2, 0) is 10.0 Å². The molecule has 0 radical (unpaired) electrons. The van der Waals surface area contributed by atoms with Gasteiger partial charge in [0.1, 0.15) is 4.88 Å². The van der Waals surface area contributed by atoms with E-state index in [1.54, 1.807) is 0 Å². The molecule has 1 rings (SSSR count). The zero-order chi connectivity index (χ0) is 14.6. The van der Waals surface area contributed by atoms with Crippen molar-refractivity contribution in [2.45, 2.75) is 24.8 Å². The van der Waals surface area contributed by atoms with E-state index < -0.39 is 16.0 Å². The Balaban J connectivity index is 2.63. The maximum absolute atomic E-state index is 11.9. The smallest absolute Gasteiger partial charge is 0.345 e. The lowest BCUT2D eigenvalue weighted by molar-refractivity contribution is 0.0702. The molecule has 0 unspecified atom stereocenters. The number of carboxylic acids is 1. The van der Waals surface area contributed by atoms with Crippen molar-refractivity contribution in [3.8, 4) is 0 Å². The Labute approximate surface area is 117 Å². The number of thiophene rings is 1. The minimum atomic E-state index is -3.62. The number of hydrogen-bond donors (Lipinski definition) is 2. The summed E-state index contributed by atoms with van der Waals surface area (Å²) in [5, 5.41) is 10.1. The maximum atomic E-state index is 11.9. The predicted octanol–water partition coefficient (Wildman–Crippen LogP) is 1.06. The van der Waals surface area contributed by atoms with E-state index in [4.69, 9.17) is 5.11 Å². The fourth-order valence-electron chi connectivity index (χ4n) is 1.27. The zero-order valence-corrected chi connectivity index (χ0v) is 12.7. The number of sulfonamides is 1. The minimum absolute atomic E-state index is 0.00194. The Hall–Kier alpha value is -0.960. The number of carboxylic acid groups (broad SMARTS) is 1. The first-order valence-corrected chi connectivity index (χ1v) is 8.12. The molecule has 0 atom stereocenters. The highest BCUT2D eigenvalue weighted by Crippen LogP contribution is 2.18. The molecular formula is C11H18N2O4S2. The van der Waals surface area contributed by atoms with Crippen molar-refractivity contribution in [1.29, 1.82) is 0 Å². The van der Waals surface area contributed by atoms with E-state index in [2.05, 4.69) is 4.72 Å². The van der Waals surface area contributed by atoms with E-state index in [-0.39, 0.29) is 16.3 Å². The molecule has 0 aliphatic heterocycles. The largest absolute Gasteiger partial charge is 0.477 e. The van der Waals surface area contributed by atoms with Gasteiger partial charge in [0.25, 0.3) is 0 Å². The van der Waals surface area contributed by atoms with Crippen LogP contribution in [0.4, 0.5) is 0 Å². The molecule has 1 aromatic heterocycles. The molecule has 1 heterocycles. The average Bonchev–Trinajstić information content (AvgIpc) is 2.78. The Morgan fingerprint density at radius 3 is 2.63 bits per heavy atom. The molecule has 0 saturated heterocycles. The van der Waals surface area contributed by atoms with E-state index in [1.165, 1.54) is 11.4 Å². The second-order valence-corrected chi connectivity index (χ2v) is 7.10. The quantitative estimate of drug-likeness (QED) is 0.787. The lowest BCUT2D eigenvalue weighted by Gasteiger charge is -2.20. The van der Waals surface area contributed by atoms with Crippen molar-refractivity contribution in [1.82, 2.24) is 9.62 Å². The van der Waals surface area contributed by atoms with Crippen LogP contribution >= 0.6 is 11.3 Å². The number of nitrogens with one attached hydrogen (secondary N) is 1. The monoisotopic (exact) mass is 306 g/mol. The van der Waals surface area contributed by atoms with Gasteiger partial charge in [0.05, 0.1) is 4.90 Å². The molecule has 0 saturated carbocycles. The summed E-state index contributed by atoms with van der Waals surface area (Å²) < 4.78 is 26.3. The summed E-state index contributed by atoms with van der Waals surface area (Å²) in [5.74, 6) is -1.12. The van der Waals surface area contributed by atoms with Gasteiger partial charge in [-0.1, -0.05) is 0 Å². The molecule has 1 aromatic rings. The van der Waals surface area contributed by atoms with Gasteiger partial charge in [-0.05, 0) is 27.0 Å². The molecule has 2 N–H and O–H groups in total. The first-order valence-electron chi connectivity index (χ1n) is 5.76. The van der Waals surface area contributed by atoms with Crippen LogP contribution in [0.15, 0.2) is 16.3 Å². The molecule has 0 bridgehead atoms. The molecule has 0 aromatic carbocycles. The van der Waals surface area contributed by atoms with Crippen LogP contribution in [0.5, 0.6) is 0 Å². The Morgan fingerprint density at radius 1 is 1.53 bits per heavy atom. The number of likely N-dealkylation sites (N-methyl/N-ethyl adjacent to an activating group) is 1. The van der Waals surface area contributed by atoms with Crippen molar-refractivity contribution in [2.75, 3.05) is 20.1 Å². The summed E-state index contributed by atoms with van der Waals surface area (Å²) in [6, 6.07) is 1.51. The van der Waals surface area contributed by atoms with Gasteiger partial charge in [0.15, 0.2) is 0 Å². The van der Waals surface area contributed by atoms with Crippen molar-refractivity contribution >= 4 is 27.3 Å². The van der Waals surface area contributed by atoms with Gasteiger partial charge in [0.2, 0.25) is 10.0 Å². The Kier molecular flexibility index (Phi) is 5.48. The van der Waals surface area contributed by atoms with Gasteiger partial charge in [-0.15, -0.1) is 11.3 Å². The van der Waals surface area contributed by atoms with Crippen LogP contribution in [0.2, 0.25) is 0 Å². The number of rotatable bonds is 7. The van der Waals surface area contributed by atoms with Crippen molar-refractivity contribution < 1.29 is 18.3 Å². The zero-order valence-electron chi connectivity index (χ0n) is 11.1. The van der Waals surface area contributed by atoms with Crippen molar-refractivity contribution in [3.63, 3.8) is 0 Å². The fraction of sp³-hybridized carbons (Fsp3) is 0.545. The topological polar surface area (TPSA) is 86.7 Å². The summed E-state index contributed by atoms with van der Waals surface area (Å²) in [4.78, 5) is 12.7. The Morgan fingerprint density at radius 2 is 2.16 bits per heavy atom. The van der Waals surface area contributed by atoms with E-state index in [0.717, 1.165) is 11.3 Å². The van der Waals surface area contributed by atoms with Gasteiger partial charge in [0, 0.05) is 24.5 Å². The molecular weight excluding hydrogens is 288 g/mol. The lowest BCUT2D eigenvalue weighted by Crippen LogP contribution is -2.36. The molecule has 108 valence electrons. The standard InChI is InChI=1S/C11H18N2O4S2/c1-8(2)13(3)5-4-12-19(16,17)9-6-10(11(14)15)18-7-9/h6-8,12H,4-5H2,1-3H3,(H,14,15). The fourth-order valence-corrected chi connectivity index (χ4v) is 3.40. The van der Waals surface area contributed by atoms with Crippen LogP contribution in [0.3, 0.4) is 0 Å². The molecule has 0 spiro atoms. The maximum Gasteiger partial charge on any atom is 0.345 e. The van der Waals surface area contributed by atoms with E-state index in [0.29, 0.717) is 12.6 Å². The van der Waals surface area contributed by atoms with Crippen LogP contribution in [0, 0.1) is 0 Å². The summed E-state index contributed by atoms with van der Waals surface area (Å²) in [6.07, 6.45) is 0. The van der Waals surface area contributed by atoms with E-state index in [1.807, 2.05) is 25.8 Å². The summed E-state index contributed by atoms with van der Waals surface area (Å²) in [5.41, 5.74) is 0. The molecule has 0 amide bonds. The highest BCUT2D eigenvalue weighted by atomic mass is 32.2. The first kappa shape index (κ1) is 16.1. The molecule has 0 aliphatic rings. The number of carbonyl (C=O) groups is 1. The van der Waals surface area contributed by atoms with Crippen LogP contribution < -0.4 is 4.72 Å². The van der Waals surface area contributed by atoms with Crippen LogP contribution in [-0.4, -0.2) is 50.6 Å². The third-order valence-electron chi connectivity index (χ3n) is 2.73. The number of nitrogens with zero attached hydrogens (tertiary/aromatic N) is 1. The summed E-state index contributed by atoms with van der Waals surface area (Å²) in [6.45, 7) is 4.92. The molecule has 0 aliphatic carbocycles. The molecule has 0 fully saturated rings. The second-order valence-electron chi connectivity index (χ2n) is 4.42. The van der Waals surface area contributed by atoms with Crippen molar-refractivity contribution in [2.24, 2.45) is 0 Å². The normalized spacial score (nSPS) is 12.3. The first-order chi connectivity index (χ1) is 8.74. The van der Waals surface area contributed by atoms with Gasteiger partial charge >= 0.3 is 5.97 Å². The minimum Gasteiger partial charge on any atom is -0.477 e. The van der Waals surface area contributed by atoms with Crippen LogP contribution in [0.25, 0.3) is 0 Å². The number of aromatic carboxylic acids is 1. The summed E-state index contributed by atoms with van der Waals surface area (Å²) >= 11 is 0.900. The second kappa shape index (κ2) is 6.47. The number of hydrogen-bond acceptors (Lipinski definition) is 5. The summed E-state index contributed by atoms with van der Waals surface area (Å²) in [7, 11) is -1.72. The third-order valence-corrected chi connectivity index (χ3v) is 5.24.